The molecule has 0 spiro atoms. The van der Waals surface area contributed by atoms with E-state index in [2.05, 4.69) is 32.0 Å². The molecule has 0 aliphatic carbocycles. The van der Waals surface area contributed by atoms with Gasteiger partial charge in [-0.25, -0.2) is 0 Å². The third kappa shape index (κ3) is 4.62. The van der Waals surface area contributed by atoms with E-state index in [0.29, 0.717) is 13.0 Å². The zero-order valence-electron chi connectivity index (χ0n) is 13.1. The molecule has 0 aliphatic heterocycles. The summed E-state index contributed by atoms with van der Waals surface area (Å²) in [4.78, 5) is 10.5. The van der Waals surface area contributed by atoms with Crippen molar-refractivity contribution in [3.05, 3.63) is 64.7 Å². The minimum absolute atomic E-state index is 0.159. The summed E-state index contributed by atoms with van der Waals surface area (Å²) in [5, 5.41) is 8.67. The largest absolute Gasteiger partial charge is 0.493 e. The molecule has 116 valence electrons. The van der Waals surface area contributed by atoms with Gasteiger partial charge in [-0.15, -0.1) is 0 Å². The molecule has 0 aliphatic rings. The van der Waals surface area contributed by atoms with Crippen molar-refractivity contribution < 1.29 is 14.6 Å². The lowest BCUT2D eigenvalue weighted by atomic mass is 10.0. The van der Waals surface area contributed by atoms with Crippen molar-refractivity contribution in [3.63, 3.8) is 0 Å². The van der Waals surface area contributed by atoms with Crippen molar-refractivity contribution in [1.29, 1.82) is 0 Å². The number of hydrogen-bond donors (Lipinski definition) is 1. The Hall–Kier alpha value is -2.29. The van der Waals surface area contributed by atoms with E-state index in [1.165, 1.54) is 16.7 Å². The average molecular weight is 298 g/mol. The third-order valence-corrected chi connectivity index (χ3v) is 3.82. The van der Waals surface area contributed by atoms with Crippen LogP contribution in [0.4, 0.5) is 0 Å². The Balaban J connectivity index is 1.85. The van der Waals surface area contributed by atoms with Gasteiger partial charge in [-0.2, -0.15) is 0 Å². The van der Waals surface area contributed by atoms with Gasteiger partial charge in [-0.05, 0) is 54.7 Å². The lowest BCUT2D eigenvalue weighted by Crippen LogP contribution is -2.04. The van der Waals surface area contributed by atoms with Crippen LogP contribution in [0.5, 0.6) is 5.75 Å². The number of hydrogen-bond acceptors (Lipinski definition) is 2. The number of rotatable bonds is 7. The minimum atomic E-state index is -0.770. The summed E-state index contributed by atoms with van der Waals surface area (Å²) >= 11 is 0. The highest BCUT2D eigenvalue weighted by Gasteiger charge is 2.03. The second-order valence-corrected chi connectivity index (χ2v) is 5.51. The molecule has 1 N–H and O–H groups in total. The fourth-order valence-corrected chi connectivity index (χ4v) is 2.52. The molecule has 0 unspecified atom stereocenters. The molecule has 0 fully saturated rings. The smallest absolute Gasteiger partial charge is 0.303 e. The molecule has 0 aromatic heterocycles. The quantitative estimate of drug-likeness (QED) is 0.842. The molecule has 3 nitrogen and oxygen atoms in total. The minimum Gasteiger partial charge on any atom is -0.493 e. The van der Waals surface area contributed by atoms with E-state index in [0.717, 1.165) is 17.7 Å². The molecular weight excluding hydrogens is 276 g/mol. The molecule has 0 amide bonds. The van der Waals surface area contributed by atoms with Gasteiger partial charge >= 0.3 is 5.97 Å². The standard InChI is InChI=1S/C19H22O3/c1-14-4-3-5-15(2)18(14)12-13-22-17-9-6-16(7-10-17)8-11-19(20)21/h3-7,9-10H,8,11-13H2,1-2H3,(H,20,21). The number of aliphatic carboxylic acids is 1. The summed E-state index contributed by atoms with van der Waals surface area (Å²) in [7, 11) is 0. The SMILES string of the molecule is Cc1cccc(C)c1CCOc1ccc(CCC(=O)O)cc1. The summed E-state index contributed by atoms with van der Waals surface area (Å²) in [6.07, 6.45) is 1.60. The maximum atomic E-state index is 10.5. The lowest BCUT2D eigenvalue weighted by molar-refractivity contribution is -0.136. The molecule has 3 heteroatoms. The highest BCUT2D eigenvalue weighted by Crippen LogP contribution is 2.16. The van der Waals surface area contributed by atoms with E-state index >= 15 is 0 Å². The zero-order valence-corrected chi connectivity index (χ0v) is 13.1. The van der Waals surface area contributed by atoms with Gasteiger partial charge in [0.1, 0.15) is 5.75 Å². The molecule has 0 bridgehead atoms. The van der Waals surface area contributed by atoms with Crippen LogP contribution in [0.2, 0.25) is 0 Å². The van der Waals surface area contributed by atoms with Crippen LogP contribution in [0.15, 0.2) is 42.5 Å². The van der Waals surface area contributed by atoms with Gasteiger partial charge in [-0.1, -0.05) is 30.3 Å². The van der Waals surface area contributed by atoms with Crippen LogP contribution >= 0.6 is 0 Å². The Kier molecular flexibility index (Phi) is 5.59. The van der Waals surface area contributed by atoms with Crippen molar-refractivity contribution in [2.24, 2.45) is 0 Å². The first-order valence-electron chi connectivity index (χ1n) is 7.55. The van der Waals surface area contributed by atoms with Crippen LogP contribution in [0.3, 0.4) is 0 Å². The first-order chi connectivity index (χ1) is 10.6. The molecule has 0 radical (unpaired) electrons. The van der Waals surface area contributed by atoms with Gasteiger partial charge in [0.2, 0.25) is 0 Å². The number of carboxylic acid groups (broad SMARTS) is 1. The van der Waals surface area contributed by atoms with Gasteiger partial charge < -0.3 is 9.84 Å². The first kappa shape index (κ1) is 16.1. The summed E-state index contributed by atoms with van der Waals surface area (Å²) in [6.45, 7) is 4.89. The second-order valence-electron chi connectivity index (χ2n) is 5.51. The summed E-state index contributed by atoms with van der Waals surface area (Å²) in [5.74, 6) is 0.0549. The molecule has 22 heavy (non-hydrogen) atoms. The topological polar surface area (TPSA) is 46.5 Å². The second kappa shape index (κ2) is 7.64. The van der Waals surface area contributed by atoms with E-state index in [9.17, 15) is 4.79 Å². The van der Waals surface area contributed by atoms with Crippen LogP contribution in [-0.4, -0.2) is 17.7 Å². The Morgan fingerprint density at radius 3 is 2.23 bits per heavy atom. The summed E-state index contributed by atoms with van der Waals surface area (Å²) in [6, 6.07) is 14.0. The van der Waals surface area contributed by atoms with E-state index < -0.39 is 5.97 Å². The Morgan fingerprint density at radius 1 is 1.00 bits per heavy atom. The molecule has 0 atom stereocenters. The van der Waals surface area contributed by atoms with Gasteiger partial charge in [0.05, 0.1) is 6.61 Å². The van der Waals surface area contributed by atoms with Crippen molar-refractivity contribution >= 4 is 5.97 Å². The van der Waals surface area contributed by atoms with Crippen molar-refractivity contribution in [2.45, 2.75) is 33.1 Å². The van der Waals surface area contributed by atoms with Crippen LogP contribution in [-0.2, 0) is 17.6 Å². The zero-order chi connectivity index (χ0) is 15.9. The fraction of sp³-hybridized carbons (Fsp3) is 0.316. The maximum absolute atomic E-state index is 10.5. The molecule has 2 aromatic rings. The summed E-state index contributed by atoms with van der Waals surface area (Å²) in [5.41, 5.74) is 4.96. The molecule has 0 heterocycles. The number of carboxylic acids is 1. The molecule has 0 saturated carbocycles. The lowest BCUT2D eigenvalue weighted by Gasteiger charge is -2.11. The molecule has 2 aromatic carbocycles. The number of ether oxygens (including phenoxy) is 1. The van der Waals surface area contributed by atoms with Crippen LogP contribution < -0.4 is 4.74 Å². The first-order valence-corrected chi connectivity index (χ1v) is 7.55. The van der Waals surface area contributed by atoms with E-state index in [1.807, 2.05) is 24.3 Å². The van der Waals surface area contributed by atoms with E-state index in [1.54, 1.807) is 0 Å². The monoisotopic (exact) mass is 298 g/mol. The van der Waals surface area contributed by atoms with Crippen molar-refractivity contribution in [1.82, 2.24) is 0 Å². The molecule has 0 saturated heterocycles. The maximum Gasteiger partial charge on any atom is 0.303 e. The number of benzene rings is 2. The predicted octanol–water partition coefficient (Wildman–Crippen LogP) is 3.94. The normalized spacial score (nSPS) is 10.5. The number of aryl methyl sites for hydroxylation is 3. The van der Waals surface area contributed by atoms with Crippen molar-refractivity contribution in [2.75, 3.05) is 6.61 Å². The summed E-state index contributed by atoms with van der Waals surface area (Å²) < 4.78 is 5.78. The Labute approximate surface area is 131 Å². The van der Waals surface area contributed by atoms with E-state index in [4.69, 9.17) is 9.84 Å². The highest BCUT2D eigenvalue weighted by atomic mass is 16.5. The predicted molar refractivity (Wildman–Crippen MR) is 87.5 cm³/mol. The van der Waals surface area contributed by atoms with Crippen LogP contribution in [0.1, 0.15) is 28.7 Å². The van der Waals surface area contributed by atoms with Crippen molar-refractivity contribution in [3.8, 4) is 5.75 Å². The van der Waals surface area contributed by atoms with Gasteiger partial charge in [0.25, 0.3) is 0 Å². The van der Waals surface area contributed by atoms with Gasteiger partial charge in [0.15, 0.2) is 0 Å². The highest BCUT2D eigenvalue weighted by molar-refractivity contribution is 5.67. The van der Waals surface area contributed by atoms with Crippen LogP contribution in [0, 0.1) is 13.8 Å². The Morgan fingerprint density at radius 2 is 1.64 bits per heavy atom. The molecule has 2 rings (SSSR count). The van der Waals surface area contributed by atoms with Gasteiger partial charge in [0, 0.05) is 12.8 Å². The number of carbonyl (C=O) groups is 1. The van der Waals surface area contributed by atoms with Gasteiger partial charge in [-0.3, -0.25) is 4.79 Å². The third-order valence-electron chi connectivity index (χ3n) is 3.82. The van der Waals surface area contributed by atoms with Crippen LogP contribution in [0.25, 0.3) is 0 Å². The fourth-order valence-electron chi connectivity index (χ4n) is 2.52. The Bertz CT molecular complexity index is 609. The average Bonchev–Trinajstić information content (AvgIpc) is 2.49. The van der Waals surface area contributed by atoms with E-state index in [-0.39, 0.29) is 6.42 Å². The molecular formula is C19H22O3.